The van der Waals surface area contributed by atoms with Gasteiger partial charge < -0.3 is 5.32 Å². The van der Waals surface area contributed by atoms with Gasteiger partial charge in [-0.2, -0.15) is 0 Å². The van der Waals surface area contributed by atoms with Crippen LogP contribution in [0.15, 0.2) is 65.7 Å². The number of amides is 1. The van der Waals surface area contributed by atoms with Crippen LogP contribution in [0, 0.1) is 6.92 Å². The molecule has 0 radical (unpaired) electrons. The first-order valence-electron chi connectivity index (χ1n) is 9.58. The molecular weight excluding hydrogens is 418 g/mol. The number of carbonyl (C=O) groups is 1. The topological polar surface area (TPSA) is 64.0 Å². The number of hydrogen-bond acceptors (Lipinski definition) is 4. The van der Waals surface area contributed by atoms with E-state index in [2.05, 4.69) is 10.3 Å². The predicted molar refractivity (Wildman–Crippen MR) is 122 cm³/mol. The highest BCUT2D eigenvalue weighted by atomic mass is 35.5. The molecule has 0 aliphatic carbocycles. The maximum atomic E-state index is 13.2. The first-order valence-corrected chi connectivity index (χ1v) is 10.8. The zero-order chi connectivity index (χ0) is 21.1. The average molecular weight is 438 g/mol. The molecule has 30 heavy (non-hydrogen) atoms. The number of thiophene rings is 1. The van der Waals surface area contributed by atoms with Crippen molar-refractivity contribution >= 4 is 39.1 Å². The second-order valence-electron chi connectivity index (χ2n) is 6.94. The number of nitrogens with zero attached hydrogens (tertiary/aromatic N) is 2. The summed E-state index contributed by atoms with van der Waals surface area (Å²) in [5, 5.41) is 4.08. The van der Waals surface area contributed by atoms with E-state index in [-0.39, 0.29) is 24.4 Å². The quantitative estimate of drug-likeness (QED) is 0.471. The molecule has 0 atom stereocenters. The number of aromatic nitrogens is 2. The second kappa shape index (κ2) is 8.81. The lowest BCUT2D eigenvalue weighted by Crippen LogP contribution is -2.27. The highest BCUT2D eigenvalue weighted by Gasteiger charge is 2.17. The molecule has 4 rings (SSSR count). The van der Waals surface area contributed by atoms with E-state index >= 15 is 0 Å². The molecule has 2 aromatic heterocycles. The Morgan fingerprint density at radius 2 is 1.87 bits per heavy atom. The molecular formula is C23H20ClN3O2S. The normalized spacial score (nSPS) is 11.0. The van der Waals surface area contributed by atoms with Crippen molar-refractivity contribution in [2.75, 3.05) is 0 Å². The van der Waals surface area contributed by atoms with Crippen molar-refractivity contribution in [1.82, 2.24) is 14.9 Å². The third-order valence-corrected chi connectivity index (χ3v) is 6.31. The minimum atomic E-state index is -0.147. The maximum Gasteiger partial charge on any atom is 0.262 e. The maximum absolute atomic E-state index is 13.2. The molecule has 0 saturated carbocycles. The van der Waals surface area contributed by atoms with E-state index < -0.39 is 0 Å². The van der Waals surface area contributed by atoms with Gasteiger partial charge in [0, 0.05) is 35.0 Å². The second-order valence-corrected chi connectivity index (χ2v) is 8.55. The van der Waals surface area contributed by atoms with E-state index in [0.29, 0.717) is 17.0 Å². The average Bonchev–Trinajstić information content (AvgIpc) is 3.10. The summed E-state index contributed by atoms with van der Waals surface area (Å²) in [5.41, 5.74) is 2.65. The number of benzene rings is 2. The minimum Gasteiger partial charge on any atom is -0.352 e. The number of hydrogen-bond donors (Lipinski definition) is 1. The number of carbonyl (C=O) groups excluding carboxylic acids is 1. The summed E-state index contributed by atoms with van der Waals surface area (Å²) in [5.74, 6) is -0.147. The van der Waals surface area contributed by atoms with Crippen LogP contribution in [0.25, 0.3) is 21.3 Å². The van der Waals surface area contributed by atoms with Gasteiger partial charge >= 0.3 is 0 Å². The van der Waals surface area contributed by atoms with Crippen LogP contribution in [-0.4, -0.2) is 15.5 Å². The molecule has 5 nitrogen and oxygen atoms in total. The summed E-state index contributed by atoms with van der Waals surface area (Å²) in [6.45, 7) is 2.62. The Bertz CT molecular complexity index is 1260. The third-order valence-electron chi connectivity index (χ3n) is 4.93. The summed E-state index contributed by atoms with van der Waals surface area (Å²) >= 11 is 7.63. The lowest BCUT2D eigenvalue weighted by molar-refractivity contribution is -0.121. The molecule has 2 aromatic carbocycles. The first kappa shape index (κ1) is 20.3. The molecule has 2 heterocycles. The molecule has 1 N–H and O–H groups in total. The fourth-order valence-corrected chi connectivity index (χ4v) is 4.60. The molecule has 0 spiro atoms. The van der Waals surface area contributed by atoms with E-state index in [4.69, 9.17) is 11.6 Å². The van der Waals surface area contributed by atoms with Gasteiger partial charge in [0.05, 0.1) is 11.7 Å². The van der Waals surface area contributed by atoms with Crippen LogP contribution in [0.5, 0.6) is 0 Å². The molecule has 4 aromatic rings. The Labute approximate surface area is 183 Å². The van der Waals surface area contributed by atoms with Crippen LogP contribution >= 0.6 is 22.9 Å². The van der Waals surface area contributed by atoms with Crippen molar-refractivity contribution in [3.8, 4) is 11.1 Å². The smallest absolute Gasteiger partial charge is 0.262 e. The van der Waals surface area contributed by atoms with Crippen molar-refractivity contribution in [1.29, 1.82) is 0 Å². The first-order chi connectivity index (χ1) is 14.5. The number of fused-ring (bicyclic) bond motifs is 1. The summed E-state index contributed by atoms with van der Waals surface area (Å²) < 4.78 is 1.51. The number of nitrogens with one attached hydrogen (secondary N) is 1. The van der Waals surface area contributed by atoms with Crippen molar-refractivity contribution < 1.29 is 4.79 Å². The fraction of sp³-hybridized carbons (Fsp3) is 0.174. The minimum absolute atomic E-state index is 0.123. The van der Waals surface area contributed by atoms with E-state index in [1.165, 1.54) is 22.2 Å². The summed E-state index contributed by atoms with van der Waals surface area (Å²) in [6.07, 6.45) is 1.71. The number of rotatable bonds is 6. The molecule has 0 unspecified atom stereocenters. The van der Waals surface area contributed by atoms with Gasteiger partial charge in [-0.25, -0.2) is 4.98 Å². The van der Waals surface area contributed by atoms with Crippen LogP contribution in [0.3, 0.4) is 0 Å². The monoisotopic (exact) mass is 437 g/mol. The predicted octanol–water partition coefficient (Wildman–Crippen LogP) is 4.79. The highest BCUT2D eigenvalue weighted by molar-refractivity contribution is 7.19. The Morgan fingerprint density at radius 1 is 1.13 bits per heavy atom. The van der Waals surface area contributed by atoms with Crippen LogP contribution in [0.2, 0.25) is 5.02 Å². The Balaban J connectivity index is 1.52. The zero-order valence-corrected chi connectivity index (χ0v) is 18.0. The Morgan fingerprint density at radius 3 is 2.63 bits per heavy atom. The van der Waals surface area contributed by atoms with Crippen molar-refractivity contribution in [2.45, 2.75) is 26.4 Å². The van der Waals surface area contributed by atoms with E-state index in [9.17, 15) is 9.59 Å². The lowest BCUT2D eigenvalue weighted by atomic mass is 10.0. The molecule has 0 aliphatic rings. The fourth-order valence-electron chi connectivity index (χ4n) is 3.40. The Kier molecular flexibility index (Phi) is 5.97. The SMILES string of the molecule is Cc1sc2ncn(CCC(=O)NCc3ccccc3Cl)c(=O)c2c1-c1ccccc1. The number of halogens is 1. The molecule has 0 aliphatic heterocycles. The van der Waals surface area contributed by atoms with Crippen LogP contribution in [-0.2, 0) is 17.9 Å². The summed E-state index contributed by atoms with van der Waals surface area (Å²) in [4.78, 5) is 31.7. The van der Waals surface area contributed by atoms with Crippen molar-refractivity contribution in [3.05, 3.63) is 86.7 Å². The summed E-state index contributed by atoms with van der Waals surface area (Å²) in [6, 6.07) is 17.2. The Hall–Kier alpha value is -2.96. The standard InChI is InChI=1S/C23H20ClN3O2S/c1-15-20(16-7-3-2-4-8-16)21-22(30-15)26-14-27(23(21)29)12-11-19(28)25-13-17-9-5-6-10-18(17)24/h2-10,14H,11-13H2,1H3,(H,25,28). The van der Waals surface area contributed by atoms with Crippen LogP contribution in [0.1, 0.15) is 16.9 Å². The molecule has 152 valence electrons. The van der Waals surface area contributed by atoms with E-state index in [1.54, 1.807) is 6.07 Å². The third kappa shape index (κ3) is 4.15. The van der Waals surface area contributed by atoms with Crippen LogP contribution < -0.4 is 10.9 Å². The van der Waals surface area contributed by atoms with Gasteiger partial charge in [-0.15, -0.1) is 11.3 Å². The van der Waals surface area contributed by atoms with Crippen molar-refractivity contribution in [2.24, 2.45) is 0 Å². The number of aryl methyl sites for hydroxylation is 2. The van der Waals surface area contributed by atoms with Gasteiger partial charge in [0.1, 0.15) is 4.83 Å². The van der Waals surface area contributed by atoms with Crippen molar-refractivity contribution in [3.63, 3.8) is 0 Å². The molecule has 0 saturated heterocycles. The van der Waals surface area contributed by atoms with Gasteiger partial charge in [0.25, 0.3) is 5.56 Å². The van der Waals surface area contributed by atoms with Gasteiger partial charge in [0.2, 0.25) is 5.91 Å². The van der Waals surface area contributed by atoms with E-state index in [1.807, 2.05) is 55.5 Å². The largest absolute Gasteiger partial charge is 0.352 e. The lowest BCUT2D eigenvalue weighted by Gasteiger charge is -2.09. The van der Waals surface area contributed by atoms with Gasteiger partial charge in [-0.1, -0.05) is 60.1 Å². The van der Waals surface area contributed by atoms with E-state index in [0.717, 1.165) is 26.4 Å². The summed E-state index contributed by atoms with van der Waals surface area (Å²) in [7, 11) is 0. The van der Waals surface area contributed by atoms with Gasteiger partial charge in [0.15, 0.2) is 0 Å². The van der Waals surface area contributed by atoms with Gasteiger partial charge in [-0.3, -0.25) is 14.2 Å². The highest BCUT2D eigenvalue weighted by Crippen LogP contribution is 2.35. The molecule has 0 fully saturated rings. The van der Waals surface area contributed by atoms with Gasteiger partial charge in [-0.05, 0) is 24.1 Å². The molecule has 0 bridgehead atoms. The molecule has 7 heteroatoms. The molecule has 1 amide bonds. The zero-order valence-electron chi connectivity index (χ0n) is 16.4. The van der Waals surface area contributed by atoms with Crippen LogP contribution in [0.4, 0.5) is 0 Å².